The second kappa shape index (κ2) is 7.32. The van der Waals surface area contributed by atoms with Gasteiger partial charge < -0.3 is 10.1 Å². The molecule has 0 unspecified atom stereocenters. The minimum atomic E-state index is -0.389. The van der Waals surface area contributed by atoms with E-state index in [1.54, 1.807) is 11.1 Å². The third kappa shape index (κ3) is 6.09. The van der Waals surface area contributed by atoms with Crippen LogP contribution in [0.1, 0.15) is 50.3 Å². The first-order valence-electron chi connectivity index (χ1n) is 7.31. The second-order valence-electron chi connectivity index (χ2n) is 6.23. The molecule has 0 heterocycles. The van der Waals surface area contributed by atoms with Gasteiger partial charge in [0.1, 0.15) is 5.60 Å². The van der Waals surface area contributed by atoms with Gasteiger partial charge in [-0.15, -0.1) is 0 Å². The zero-order valence-electron chi connectivity index (χ0n) is 13.4. The van der Waals surface area contributed by atoms with Crippen LogP contribution in [0.3, 0.4) is 0 Å². The number of benzene rings is 1. The number of ether oxygens (including phenoxy) is 1. The number of rotatable bonds is 0. The van der Waals surface area contributed by atoms with Crippen LogP contribution < -0.4 is 5.32 Å². The first kappa shape index (κ1) is 16.5. The van der Waals surface area contributed by atoms with Crippen LogP contribution in [0.25, 0.3) is 0 Å². The molecular weight excluding hydrogens is 250 g/mol. The SMILES string of the molecule is CNC(=O)OC(C)(C)C.Cc1ccc2c(c1)CCCC2. The Balaban J connectivity index is 0.000000206. The van der Waals surface area contributed by atoms with E-state index in [1.165, 1.54) is 38.3 Å². The summed E-state index contributed by atoms with van der Waals surface area (Å²) in [4.78, 5) is 10.5. The van der Waals surface area contributed by atoms with Gasteiger partial charge in [-0.25, -0.2) is 4.79 Å². The van der Waals surface area contributed by atoms with E-state index in [4.69, 9.17) is 4.74 Å². The Bertz CT molecular complexity index is 447. The van der Waals surface area contributed by atoms with Crippen LogP contribution in [0.15, 0.2) is 18.2 Å². The van der Waals surface area contributed by atoms with Gasteiger partial charge in [0.25, 0.3) is 0 Å². The molecule has 112 valence electrons. The Kier molecular flexibility index (Phi) is 6.05. The maximum atomic E-state index is 10.5. The molecule has 1 aliphatic carbocycles. The summed E-state index contributed by atoms with van der Waals surface area (Å²) in [6, 6.07) is 6.86. The Morgan fingerprint density at radius 1 is 1.15 bits per heavy atom. The lowest BCUT2D eigenvalue weighted by atomic mass is 9.91. The summed E-state index contributed by atoms with van der Waals surface area (Å²) >= 11 is 0. The van der Waals surface area contributed by atoms with Gasteiger partial charge in [0, 0.05) is 7.05 Å². The first-order valence-corrected chi connectivity index (χ1v) is 7.31. The number of hydrogen-bond acceptors (Lipinski definition) is 2. The minimum absolute atomic E-state index is 0.387. The van der Waals surface area contributed by atoms with Crippen molar-refractivity contribution in [2.45, 2.75) is 59.0 Å². The average molecular weight is 277 g/mol. The molecule has 0 fully saturated rings. The minimum Gasteiger partial charge on any atom is -0.444 e. The third-order valence-electron chi connectivity index (χ3n) is 3.11. The van der Waals surface area contributed by atoms with Gasteiger partial charge in [-0.3, -0.25) is 0 Å². The van der Waals surface area contributed by atoms with E-state index in [9.17, 15) is 4.79 Å². The zero-order valence-corrected chi connectivity index (χ0v) is 13.4. The van der Waals surface area contributed by atoms with Crippen molar-refractivity contribution in [2.24, 2.45) is 0 Å². The molecule has 0 saturated heterocycles. The summed E-state index contributed by atoms with van der Waals surface area (Å²) in [6.45, 7) is 7.64. The molecule has 1 aliphatic rings. The molecule has 0 spiro atoms. The molecule has 1 amide bonds. The van der Waals surface area contributed by atoms with Crippen LogP contribution in [0.2, 0.25) is 0 Å². The van der Waals surface area contributed by atoms with Gasteiger partial charge in [-0.2, -0.15) is 0 Å². The molecule has 20 heavy (non-hydrogen) atoms. The fourth-order valence-corrected chi connectivity index (χ4v) is 2.19. The van der Waals surface area contributed by atoms with E-state index in [2.05, 4.69) is 30.4 Å². The van der Waals surface area contributed by atoms with Crippen LogP contribution in [-0.4, -0.2) is 18.7 Å². The van der Waals surface area contributed by atoms with Crippen molar-refractivity contribution in [2.75, 3.05) is 7.05 Å². The van der Waals surface area contributed by atoms with Crippen LogP contribution in [0.5, 0.6) is 0 Å². The number of nitrogens with one attached hydrogen (secondary N) is 1. The highest BCUT2D eigenvalue weighted by Gasteiger charge is 2.14. The standard InChI is InChI=1S/C11H14.C6H13NO2/c1-9-6-7-10-4-2-3-5-11(10)8-9;1-6(2,3)9-5(8)7-4/h6-8H,2-5H2,1H3;1-4H3,(H,7,8). The molecule has 0 radical (unpaired) electrons. The molecular formula is C17H27NO2. The van der Waals surface area contributed by atoms with Crippen molar-refractivity contribution >= 4 is 6.09 Å². The molecule has 0 saturated carbocycles. The van der Waals surface area contributed by atoms with Gasteiger partial charge >= 0.3 is 6.09 Å². The fraction of sp³-hybridized carbons (Fsp3) is 0.588. The molecule has 0 aliphatic heterocycles. The van der Waals surface area contributed by atoms with Gasteiger partial charge in [-0.05, 0) is 64.5 Å². The summed E-state index contributed by atoms with van der Waals surface area (Å²) < 4.78 is 4.84. The summed E-state index contributed by atoms with van der Waals surface area (Å²) in [6.07, 6.45) is 4.99. The average Bonchev–Trinajstić information content (AvgIpc) is 2.37. The number of amides is 1. The van der Waals surface area contributed by atoms with E-state index < -0.39 is 0 Å². The quantitative estimate of drug-likeness (QED) is 0.778. The predicted molar refractivity (Wildman–Crippen MR) is 83.1 cm³/mol. The highest BCUT2D eigenvalue weighted by Crippen LogP contribution is 2.21. The lowest BCUT2D eigenvalue weighted by molar-refractivity contribution is 0.0541. The van der Waals surface area contributed by atoms with Crippen LogP contribution >= 0.6 is 0 Å². The molecule has 3 heteroatoms. The number of fused-ring (bicyclic) bond motifs is 1. The summed E-state index contributed by atoms with van der Waals surface area (Å²) in [7, 11) is 1.54. The predicted octanol–water partition coefficient (Wildman–Crippen LogP) is 4.01. The molecule has 2 rings (SSSR count). The van der Waals surface area contributed by atoms with Gasteiger partial charge in [0.05, 0.1) is 0 Å². The smallest absolute Gasteiger partial charge is 0.407 e. The number of alkyl carbamates (subject to hydrolysis) is 1. The normalized spacial score (nSPS) is 13.7. The molecule has 0 bridgehead atoms. The molecule has 0 atom stereocenters. The molecule has 0 aromatic heterocycles. The van der Waals surface area contributed by atoms with E-state index in [0.717, 1.165) is 0 Å². The summed E-state index contributed by atoms with van der Waals surface area (Å²) in [5.74, 6) is 0. The number of carbonyl (C=O) groups excluding carboxylic acids is 1. The zero-order chi connectivity index (χ0) is 15.2. The van der Waals surface area contributed by atoms with Gasteiger partial charge in [-0.1, -0.05) is 23.8 Å². The van der Waals surface area contributed by atoms with Crippen LogP contribution in [-0.2, 0) is 17.6 Å². The highest BCUT2D eigenvalue weighted by atomic mass is 16.6. The highest BCUT2D eigenvalue weighted by molar-refractivity contribution is 5.67. The Labute approximate surface area is 122 Å². The number of aryl methyl sites for hydroxylation is 3. The maximum absolute atomic E-state index is 10.5. The van der Waals surface area contributed by atoms with E-state index in [1.807, 2.05) is 20.8 Å². The Hall–Kier alpha value is -1.51. The topological polar surface area (TPSA) is 38.3 Å². The number of hydrogen-bond donors (Lipinski definition) is 1. The van der Waals surface area contributed by atoms with E-state index in [-0.39, 0.29) is 11.7 Å². The lowest BCUT2D eigenvalue weighted by Gasteiger charge is -2.18. The molecule has 1 N–H and O–H groups in total. The van der Waals surface area contributed by atoms with Crippen molar-refractivity contribution in [1.82, 2.24) is 5.32 Å². The van der Waals surface area contributed by atoms with Crippen LogP contribution in [0.4, 0.5) is 4.79 Å². The third-order valence-corrected chi connectivity index (χ3v) is 3.11. The first-order chi connectivity index (χ1) is 9.31. The largest absolute Gasteiger partial charge is 0.444 e. The fourth-order valence-electron chi connectivity index (χ4n) is 2.19. The second-order valence-corrected chi connectivity index (χ2v) is 6.23. The van der Waals surface area contributed by atoms with Gasteiger partial charge in [0.2, 0.25) is 0 Å². The maximum Gasteiger partial charge on any atom is 0.407 e. The molecule has 1 aromatic carbocycles. The number of carbonyl (C=O) groups is 1. The van der Waals surface area contributed by atoms with Crippen molar-refractivity contribution < 1.29 is 9.53 Å². The van der Waals surface area contributed by atoms with Crippen molar-refractivity contribution in [3.63, 3.8) is 0 Å². The molecule has 1 aromatic rings. The van der Waals surface area contributed by atoms with Crippen molar-refractivity contribution in [3.05, 3.63) is 34.9 Å². The van der Waals surface area contributed by atoms with Crippen molar-refractivity contribution in [3.8, 4) is 0 Å². The summed E-state index contributed by atoms with van der Waals surface area (Å²) in [5, 5.41) is 2.36. The molecule has 3 nitrogen and oxygen atoms in total. The van der Waals surface area contributed by atoms with Crippen molar-refractivity contribution in [1.29, 1.82) is 0 Å². The summed E-state index contributed by atoms with van der Waals surface area (Å²) in [5.41, 5.74) is 4.20. The van der Waals surface area contributed by atoms with E-state index >= 15 is 0 Å². The Morgan fingerprint density at radius 3 is 2.25 bits per heavy atom. The monoisotopic (exact) mass is 277 g/mol. The van der Waals surface area contributed by atoms with E-state index in [0.29, 0.717) is 0 Å². The Morgan fingerprint density at radius 2 is 1.75 bits per heavy atom. The lowest BCUT2D eigenvalue weighted by Crippen LogP contribution is -2.30. The van der Waals surface area contributed by atoms with Crippen LogP contribution in [0, 0.1) is 6.92 Å². The van der Waals surface area contributed by atoms with Gasteiger partial charge in [0.15, 0.2) is 0 Å².